The number of carbonyl (C=O) groups excluding carboxylic acids is 1. The predicted octanol–water partition coefficient (Wildman–Crippen LogP) is 2.84. The first-order chi connectivity index (χ1) is 15.1. The third-order valence-corrected chi connectivity index (χ3v) is 5.67. The van der Waals surface area contributed by atoms with E-state index in [1.165, 1.54) is 4.57 Å². The van der Waals surface area contributed by atoms with Crippen LogP contribution in [0.15, 0.2) is 47.4 Å². The van der Waals surface area contributed by atoms with Crippen molar-refractivity contribution in [1.82, 2.24) is 18.9 Å². The number of nitrogens with zero attached hydrogens (tertiary/aromatic N) is 4. The van der Waals surface area contributed by atoms with E-state index in [1.807, 2.05) is 25.1 Å². The molecule has 10 heteroatoms. The monoisotopic (exact) mass is 435 g/mol. The molecule has 0 spiro atoms. The number of nitrogens with one attached hydrogen (secondary N) is 1. The second-order valence-corrected chi connectivity index (χ2v) is 7.59. The quantitative estimate of drug-likeness (QED) is 0.513. The van der Waals surface area contributed by atoms with E-state index in [9.17, 15) is 9.59 Å². The Hall–Kier alpha value is -3.79. The Morgan fingerprint density at radius 2 is 2.10 bits per heavy atom. The number of fused-ring (bicyclic) bond motifs is 2. The van der Waals surface area contributed by atoms with Crippen LogP contribution in [0.5, 0.6) is 11.5 Å². The maximum absolute atomic E-state index is 13.2. The van der Waals surface area contributed by atoms with Crippen LogP contribution in [0, 0.1) is 0 Å². The highest BCUT2D eigenvalue weighted by atomic mass is 32.1. The Morgan fingerprint density at radius 3 is 2.90 bits per heavy atom. The summed E-state index contributed by atoms with van der Waals surface area (Å²) in [6.45, 7) is 1.89. The van der Waals surface area contributed by atoms with E-state index in [2.05, 4.69) is 19.7 Å². The van der Waals surface area contributed by atoms with Crippen molar-refractivity contribution in [1.29, 1.82) is 0 Å². The van der Waals surface area contributed by atoms with Gasteiger partial charge in [0.05, 0.1) is 5.69 Å². The molecule has 0 fully saturated rings. The van der Waals surface area contributed by atoms with Gasteiger partial charge in [-0.15, -0.1) is 0 Å². The van der Waals surface area contributed by atoms with Gasteiger partial charge in [-0.3, -0.25) is 19.1 Å². The van der Waals surface area contributed by atoms with Crippen molar-refractivity contribution in [2.24, 2.45) is 0 Å². The third kappa shape index (κ3) is 3.50. The number of rotatable bonds is 5. The van der Waals surface area contributed by atoms with Gasteiger partial charge in [0.1, 0.15) is 28.3 Å². The molecule has 3 aromatic heterocycles. The average Bonchev–Trinajstić information content (AvgIpc) is 3.42. The van der Waals surface area contributed by atoms with Crippen molar-refractivity contribution in [2.75, 3.05) is 12.1 Å². The summed E-state index contributed by atoms with van der Waals surface area (Å²) >= 11 is 1.07. The van der Waals surface area contributed by atoms with Gasteiger partial charge in [0.25, 0.3) is 5.56 Å². The molecule has 1 aliphatic rings. The number of hydrogen-bond donors (Lipinski definition) is 1. The normalized spacial score (nSPS) is 12.3. The lowest BCUT2D eigenvalue weighted by Crippen LogP contribution is -2.30. The number of anilines is 1. The van der Waals surface area contributed by atoms with Crippen LogP contribution >= 0.6 is 11.5 Å². The number of ether oxygens (including phenoxy) is 2. The Morgan fingerprint density at radius 1 is 1.23 bits per heavy atom. The minimum atomic E-state index is -0.341. The Bertz CT molecular complexity index is 1350. The van der Waals surface area contributed by atoms with Crippen LogP contribution < -0.4 is 20.3 Å². The van der Waals surface area contributed by atoms with Gasteiger partial charge in [-0.25, -0.2) is 4.98 Å². The molecule has 0 radical (unpaired) electrons. The lowest BCUT2D eigenvalue weighted by molar-refractivity contribution is -0.116. The van der Waals surface area contributed by atoms with Crippen LogP contribution in [0.2, 0.25) is 0 Å². The fourth-order valence-corrected chi connectivity index (χ4v) is 4.16. The number of benzene rings is 1. The lowest BCUT2D eigenvalue weighted by atomic mass is 10.2. The van der Waals surface area contributed by atoms with Crippen molar-refractivity contribution >= 4 is 33.3 Å². The topological polar surface area (TPSA) is 108 Å². The molecule has 31 heavy (non-hydrogen) atoms. The summed E-state index contributed by atoms with van der Waals surface area (Å²) in [6, 6.07) is 10.6. The van der Waals surface area contributed by atoms with E-state index in [1.54, 1.807) is 24.4 Å². The molecule has 0 unspecified atom stereocenters. The highest BCUT2D eigenvalue weighted by molar-refractivity contribution is 7.13. The zero-order valence-corrected chi connectivity index (χ0v) is 17.3. The fraction of sp³-hybridized carbons (Fsp3) is 0.190. The van der Waals surface area contributed by atoms with E-state index in [0.717, 1.165) is 11.5 Å². The SMILES string of the molecule is CCc1nc2c(-c3ccccn3)nsc2c(=O)n1CC(=O)Nc1ccc2c(c1)OCO2. The van der Waals surface area contributed by atoms with Crippen molar-refractivity contribution in [3.8, 4) is 22.9 Å². The second kappa shape index (κ2) is 7.80. The van der Waals surface area contributed by atoms with Gasteiger partial charge < -0.3 is 14.8 Å². The highest BCUT2D eigenvalue weighted by Crippen LogP contribution is 2.34. The Kier molecular flexibility index (Phi) is 4.83. The predicted molar refractivity (Wildman–Crippen MR) is 115 cm³/mol. The first-order valence-electron chi connectivity index (χ1n) is 9.64. The van der Waals surface area contributed by atoms with E-state index in [4.69, 9.17) is 9.47 Å². The molecule has 9 nitrogen and oxygen atoms in total. The zero-order chi connectivity index (χ0) is 21.4. The Labute approximate surface area is 180 Å². The fourth-order valence-electron chi connectivity index (χ4n) is 3.38. The number of hydrogen-bond acceptors (Lipinski definition) is 8. The van der Waals surface area contributed by atoms with Crippen LogP contribution in [-0.2, 0) is 17.8 Å². The van der Waals surface area contributed by atoms with Gasteiger partial charge in [-0.1, -0.05) is 13.0 Å². The number of carbonyl (C=O) groups is 1. The molecule has 5 rings (SSSR count). The van der Waals surface area contributed by atoms with Crippen LogP contribution in [0.4, 0.5) is 5.69 Å². The van der Waals surface area contributed by atoms with Crippen molar-refractivity contribution in [2.45, 2.75) is 19.9 Å². The highest BCUT2D eigenvalue weighted by Gasteiger charge is 2.20. The van der Waals surface area contributed by atoms with Gasteiger partial charge in [-0.2, -0.15) is 4.37 Å². The molecule has 156 valence electrons. The largest absolute Gasteiger partial charge is 0.454 e. The van der Waals surface area contributed by atoms with E-state index in [0.29, 0.717) is 51.0 Å². The van der Waals surface area contributed by atoms with Crippen LogP contribution in [0.1, 0.15) is 12.7 Å². The number of pyridine rings is 1. The molecule has 0 saturated heterocycles. The van der Waals surface area contributed by atoms with Gasteiger partial charge in [0.2, 0.25) is 12.7 Å². The molecule has 0 bridgehead atoms. The van der Waals surface area contributed by atoms with Crippen LogP contribution in [-0.4, -0.2) is 31.6 Å². The van der Waals surface area contributed by atoms with Gasteiger partial charge in [-0.05, 0) is 35.8 Å². The molecule has 1 amide bonds. The van der Waals surface area contributed by atoms with Crippen LogP contribution in [0.25, 0.3) is 21.6 Å². The summed E-state index contributed by atoms with van der Waals surface area (Å²) in [6.07, 6.45) is 2.16. The molecule has 4 aromatic rings. The molecule has 0 atom stereocenters. The standard InChI is InChI=1S/C21H17N5O4S/c1-2-16-24-19-18(13-5-3-4-8-22-13)25-31-20(19)21(28)26(16)10-17(27)23-12-6-7-14-15(9-12)30-11-29-14/h3-9H,2,10-11H2,1H3,(H,23,27). The molecule has 1 N–H and O–H groups in total. The minimum absolute atomic E-state index is 0.156. The number of amides is 1. The maximum atomic E-state index is 13.2. The van der Waals surface area contributed by atoms with Gasteiger partial charge in [0, 0.05) is 24.4 Å². The number of aromatic nitrogens is 4. The minimum Gasteiger partial charge on any atom is -0.454 e. The smallest absolute Gasteiger partial charge is 0.273 e. The second-order valence-electron chi connectivity index (χ2n) is 6.81. The Balaban J connectivity index is 1.46. The molecule has 4 heterocycles. The summed E-state index contributed by atoms with van der Waals surface area (Å²) in [5.41, 5.74) is 2.01. The van der Waals surface area contributed by atoms with E-state index in [-0.39, 0.29) is 24.8 Å². The molecule has 0 aliphatic carbocycles. The van der Waals surface area contributed by atoms with Crippen molar-refractivity contribution in [3.05, 3.63) is 58.8 Å². The molecular weight excluding hydrogens is 418 g/mol. The van der Waals surface area contributed by atoms with Gasteiger partial charge in [0.15, 0.2) is 11.5 Å². The van der Waals surface area contributed by atoms with Crippen molar-refractivity contribution in [3.63, 3.8) is 0 Å². The summed E-state index contributed by atoms with van der Waals surface area (Å²) in [4.78, 5) is 34.8. The number of aryl methyl sites for hydroxylation is 1. The van der Waals surface area contributed by atoms with Crippen molar-refractivity contribution < 1.29 is 14.3 Å². The van der Waals surface area contributed by atoms with Crippen LogP contribution in [0.3, 0.4) is 0 Å². The first-order valence-corrected chi connectivity index (χ1v) is 10.4. The molecule has 1 aliphatic heterocycles. The maximum Gasteiger partial charge on any atom is 0.273 e. The molecule has 1 aromatic carbocycles. The molecular formula is C21H17N5O4S. The summed E-state index contributed by atoms with van der Waals surface area (Å²) < 4.78 is 16.8. The lowest BCUT2D eigenvalue weighted by Gasteiger charge is -2.12. The summed E-state index contributed by atoms with van der Waals surface area (Å²) in [7, 11) is 0. The molecule has 0 saturated carbocycles. The summed E-state index contributed by atoms with van der Waals surface area (Å²) in [5.74, 6) is 1.37. The average molecular weight is 435 g/mol. The zero-order valence-electron chi connectivity index (χ0n) is 16.5. The third-order valence-electron chi connectivity index (χ3n) is 4.84. The first kappa shape index (κ1) is 19.2. The van der Waals surface area contributed by atoms with Gasteiger partial charge >= 0.3 is 0 Å². The summed E-state index contributed by atoms with van der Waals surface area (Å²) in [5, 5.41) is 2.79. The van der Waals surface area contributed by atoms with E-state index >= 15 is 0 Å². The van der Waals surface area contributed by atoms with E-state index < -0.39 is 0 Å².